The number of alkyl halides is 5. The predicted octanol–water partition coefficient (Wildman–Crippen LogP) is 1.33. The number of halogens is 5. The summed E-state index contributed by atoms with van der Waals surface area (Å²) in [5.74, 6) is -1.31. The van der Waals surface area contributed by atoms with Crippen LogP contribution in [0.25, 0.3) is 0 Å². The average Bonchev–Trinajstić information content (AvgIpc) is 2.15. The second-order valence-corrected chi connectivity index (χ2v) is 3.47. The third kappa shape index (κ3) is 2.26. The van der Waals surface area contributed by atoms with E-state index in [-0.39, 0.29) is 0 Å². The lowest BCUT2D eigenvalue weighted by atomic mass is 10.2. The zero-order valence-electron chi connectivity index (χ0n) is 7.96. The molecule has 0 spiro atoms. The van der Waals surface area contributed by atoms with Gasteiger partial charge >= 0.3 is 11.4 Å². The number of aromatic nitrogens is 1. The maximum absolute atomic E-state index is 13.1. The second kappa shape index (κ2) is 4.02. The molecule has 0 aromatic carbocycles. The summed E-state index contributed by atoms with van der Waals surface area (Å²) in [5.41, 5.74) is 2.23. The molecule has 0 saturated carbocycles. The van der Waals surface area contributed by atoms with Gasteiger partial charge in [-0.25, -0.2) is 4.57 Å². The van der Waals surface area contributed by atoms with E-state index >= 15 is 0 Å². The number of amides is 1. The molecule has 0 radical (unpaired) electrons. The summed E-state index contributed by atoms with van der Waals surface area (Å²) in [6.45, 7) is 0. The summed E-state index contributed by atoms with van der Waals surface area (Å²) in [6, 6.07) is -3.33. The summed E-state index contributed by atoms with van der Waals surface area (Å²) >= 11 is 4.20. The van der Waals surface area contributed by atoms with Crippen LogP contribution in [0.15, 0.2) is 23.1 Å². The molecule has 94 valence electrons. The lowest BCUT2D eigenvalue weighted by Gasteiger charge is -2.23. The van der Waals surface area contributed by atoms with Gasteiger partial charge in [0.25, 0.3) is 11.5 Å². The van der Waals surface area contributed by atoms with E-state index in [1.165, 1.54) is 0 Å². The van der Waals surface area contributed by atoms with Crippen LogP contribution in [0.5, 0.6) is 0 Å². The van der Waals surface area contributed by atoms with Crippen molar-refractivity contribution in [3.8, 4) is 0 Å². The van der Waals surface area contributed by atoms with Crippen LogP contribution in [0.4, 0.5) is 17.6 Å². The Morgan fingerprint density at radius 1 is 1.35 bits per heavy atom. The molecule has 2 N–H and O–H groups in total. The molecule has 0 aliphatic rings. The molecule has 9 heteroatoms. The Bertz CT molecular complexity index is 509. The summed E-state index contributed by atoms with van der Waals surface area (Å²) in [6.07, 6.45) is 0.380. The van der Waals surface area contributed by atoms with Crippen LogP contribution in [-0.4, -0.2) is 15.9 Å². The van der Waals surface area contributed by atoms with Crippen LogP contribution >= 0.6 is 11.6 Å². The van der Waals surface area contributed by atoms with E-state index in [1.807, 2.05) is 0 Å². The minimum atomic E-state index is -4.98. The van der Waals surface area contributed by atoms with E-state index in [1.54, 1.807) is 0 Å². The normalized spacial score (nSPS) is 12.5. The van der Waals surface area contributed by atoms with Crippen molar-refractivity contribution < 1.29 is 22.4 Å². The first kappa shape index (κ1) is 13.5. The van der Waals surface area contributed by atoms with Crippen molar-refractivity contribution in [3.63, 3.8) is 0 Å². The Labute approximate surface area is 96.6 Å². The molecular formula is C8H5ClF4N2O2. The van der Waals surface area contributed by atoms with Gasteiger partial charge in [-0.15, -0.1) is 0 Å². The fourth-order valence-electron chi connectivity index (χ4n) is 1.04. The van der Waals surface area contributed by atoms with Crippen molar-refractivity contribution >= 4 is 17.5 Å². The average molecular weight is 273 g/mol. The standard InChI is InChI=1S/C8H5ClF4N2O2/c9-7(10,11)8(12,13)15-3-1-2-4(5(14)16)6(15)17/h1-3H,(H2,14,16). The Balaban J connectivity index is 3.50. The second-order valence-electron chi connectivity index (χ2n) is 3.00. The van der Waals surface area contributed by atoms with Gasteiger partial charge in [0.05, 0.1) is 0 Å². The number of carbonyl (C=O) groups excluding carboxylic acids is 1. The lowest BCUT2D eigenvalue weighted by Crippen LogP contribution is -2.46. The van der Waals surface area contributed by atoms with E-state index in [0.717, 1.165) is 12.1 Å². The smallest absolute Gasteiger partial charge is 0.365 e. The molecule has 17 heavy (non-hydrogen) atoms. The predicted molar refractivity (Wildman–Crippen MR) is 50.2 cm³/mol. The maximum atomic E-state index is 13.1. The van der Waals surface area contributed by atoms with E-state index in [9.17, 15) is 27.2 Å². The van der Waals surface area contributed by atoms with Crippen LogP contribution in [0.1, 0.15) is 10.4 Å². The molecule has 1 rings (SSSR count). The number of hydrogen-bond acceptors (Lipinski definition) is 2. The fourth-order valence-corrected chi connectivity index (χ4v) is 1.13. The van der Waals surface area contributed by atoms with Crippen LogP contribution in [0, 0.1) is 0 Å². The van der Waals surface area contributed by atoms with Crippen molar-refractivity contribution in [2.75, 3.05) is 0 Å². The molecule has 1 heterocycles. The van der Waals surface area contributed by atoms with E-state index in [2.05, 4.69) is 11.6 Å². The molecule has 1 aromatic heterocycles. The molecule has 0 fully saturated rings. The number of nitrogens with two attached hydrogens (primary N) is 1. The highest BCUT2D eigenvalue weighted by Gasteiger charge is 2.57. The van der Waals surface area contributed by atoms with Crippen molar-refractivity contribution in [3.05, 3.63) is 34.2 Å². The van der Waals surface area contributed by atoms with Crippen molar-refractivity contribution in [1.29, 1.82) is 0 Å². The minimum Gasteiger partial charge on any atom is -0.365 e. The molecule has 1 amide bonds. The van der Waals surface area contributed by atoms with Gasteiger partial charge in [-0.3, -0.25) is 9.59 Å². The zero-order chi connectivity index (χ0) is 13.4. The molecule has 0 unspecified atom stereocenters. The monoisotopic (exact) mass is 272 g/mol. The van der Waals surface area contributed by atoms with Crippen molar-refractivity contribution in [2.45, 2.75) is 11.4 Å². The molecule has 0 bridgehead atoms. The molecule has 0 atom stereocenters. The molecule has 0 saturated heterocycles. The van der Waals surface area contributed by atoms with E-state index in [0.29, 0.717) is 6.20 Å². The highest BCUT2D eigenvalue weighted by Crippen LogP contribution is 2.40. The number of carbonyl (C=O) groups is 1. The van der Waals surface area contributed by atoms with Crippen molar-refractivity contribution in [1.82, 2.24) is 4.57 Å². The van der Waals surface area contributed by atoms with Crippen LogP contribution in [-0.2, 0) is 6.05 Å². The third-order valence-electron chi connectivity index (χ3n) is 1.86. The number of rotatable bonds is 3. The number of primary amides is 1. The van der Waals surface area contributed by atoms with Gasteiger partial charge in [0.1, 0.15) is 5.56 Å². The molecule has 1 aromatic rings. The van der Waals surface area contributed by atoms with Crippen LogP contribution < -0.4 is 11.3 Å². The summed E-state index contributed by atoms with van der Waals surface area (Å²) < 4.78 is 50.4. The molecule has 4 nitrogen and oxygen atoms in total. The van der Waals surface area contributed by atoms with Gasteiger partial charge in [0.2, 0.25) is 0 Å². The van der Waals surface area contributed by atoms with Gasteiger partial charge in [-0.2, -0.15) is 17.6 Å². The Kier molecular flexibility index (Phi) is 3.19. The molecule has 0 aliphatic heterocycles. The van der Waals surface area contributed by atoms with Gasteiger partial charge < -0.3 is 5.73 Å². The number of hydrogen-bond donors (Lipinski definition) is 1. The Morgan fingerprint density at radius 2 is 1.88 bits per heavy atom. The SMILES string of the molecule is NC(=O)c1cccn(C(F)(F)C(F)(F)Cl)c1=O. The Hall–Kier alpha value is -1.57. The van der Waals surface area contributed by atoms with Crippen LogP contribution in [0.3, 0.4) is 0 Å². The maximum Gasteiger partial charge on any atom is 0.409 e. The quantitative estimate of drug-likeness (QED) is 0.666. The van der Waals surface area contributed by atoms with Gasteiger partial charge in [-0.1, -0.05) is 0 Å². The van der Waals surface area contributed by atoms with E-state index in [4.69, 9.17) is 5.73 Å². The fraction of sp³-hybridized carbons (Fsp3) is 0.250. The first-order chi connectivity index (χ1) is 7.59. The first-order valence-corrected chi connectivity index (χ1v) is 4.43. The largest absolute Gasteiger partial charge is 0.409 e. The summed E-state index contributed by atoms with van der Waals surface area (Å²) in [7, 11) is 0. The third-order valence-corrected chi connectivity index (χ3v) is 2.08. The topological polar surface area (TPSA) is 65.1 Å². The van der Waals surface area contributed by atoms with Gasteiger partial charge in [0, 0.05) is 6.20 Å². The first-order valence-electron chi connectivity index (χ1n) is 4.05. The highest BCUT2D eigenvalue weighted by atomic mass is 35.5. The molecular weight excluding hydrogens is 268 g/mol. The van der Waals surface area contributed by atoms with Gasteiger partial charge in [0.15, 0.2) is 0 Å². The zero-order valence-corrected chi connectivity index (χ0v) is 8.72. The van der Waals surface area contributed by atoms with Gasteiger partial charge in [-0.05, 0) is 23.7 Å². The van der Waals surface area contributed by atoms with Crippen LogP contribution in [0.2, 0.25) is 0 Å². The lowest BCUT2D eigenvalue weighted by molar-refractivity contribution is -0.216. The Morgan fingerprint density at radius 3 is 2.29 bits per heavy atom. The minimum absolute atomic E-state index is 0.380. The highest BCUT2D eigenvalue weighted by molar-refractivity contribution is 6.22. The summed E-state index contributed by atoms with van der Waals surface area (Å²) in [5, 5.41) is -4.98. The number of pyridine rings is 1. The molecule has 0 aliphatic carbocycles. The van der Waals surface area contributed by atoms with Crippen molar-refractivity contribution in [2.24, 2.45) is 5.73 Å². The van der Waals surface area contributed by atoms with E-state index < -0.39 is 33.0 Å². The number of nitrogens with zero attached hydrogens (tertiary/aromatic N) is 1. The summed E-state index contributed by atoms with van der Waals surface area (Å²) in [4.78, 5) is 22.0.